The van der Waals surface area contributed by atoms with Crippen molar-refractivity contribution in [3.05, 3.63) is 29.8 Å². The number of unbranched alkanes of at least 4 members (excludes halogenated alkanes) is 1. The van der Waals surface area contributed by atoms with Gasteiger partial charge in [-0.1, -0.05) is 39.7 Å². The standard InChI is InChI=1S/C25H38N2O4/c1-4-5-11-22-16-27(17-23(31-22)19(2)3)25(29)20-10-9-12-21(15-20)30-18-24(28)26-13-7-6-8-14-26/h9-10,12,15,19,22-23H,4-8,11,13-14,16-18H2,1-3H3/t22-,23-/m1/s1. The van der Waals surface area contributed by atoms with E-state index in [1.807, 2.05) is 21.9 Å². The number of benzene rings is 1. The van der Waals surface area contributed by atoms with Crippen molar-refractivity contribution >= 4 is 11.8 Å². The van der Waals surface area contributed by atoms with Crippen molar-refractivity contribution < 1.29 is 19.1 Å². The zero-order valence-corrected chi connectivity index (χ0v) is 19.3. The molecule has 2 aliphatic heterocycles. The second-order valence-electron chi connectivity index (χ2n) is 9.15. The highest BCUT2D eigenvalue weighted by Crippen LogP contribution is 2.23. The molecule has 2 fully saturated rings. The highest BCUT2D eigenvalue weighted by atomic mass is 16.5. The van der Waals surface area contributed by atoms with Crippen molar-refractivity contribution in [2.75, 3.05) is 32.8 Å². The summed E-state index contributed by atoms with van der Waals surface area (Å²) >= 11 is 0. The maximum Gasteiger partial charge on any atom is 0.260 e. The first-order valence-corrected chi connectivity index (χ1v) is 11.9. The zero-order valence-electron chi connectivity index (χ0n) is 19.3. The highest BCUT2D eigenvalue weighted by molar-refractivity contribution is 5.94. The van der Waals surface area contributed by atoms with Crippen LogP contribution in [-0.2, 0) is 9.53 Å². The summed E-state index contributed by atoms with van der Waals surface area (Å²) in [4.78, 5) is 29.4. The first-order chi connectivity index (χ1) is 15.0. The second kappa shape index (κ2) is 11.5. The molecule has 31 heavy (non-hydrogen) atoms. The Kier molecular flexibility index (Phi) is 8.76. The van der Waals surface area contributed by atoms with E-state index in [0.717, 1.165) is 45.2 Å². The Balaban J connectivity index is 1.61. The van der Waals surface area contributed by atoms with Crippen molar-refractivity contribution in [3.63, 3.8) is 0 Å². The van der Waals surface area contributed by atoms with E-state index in [9.17, 15) is 9.59 Å². The molecular formula is C25H38N2O4. The van der Waals surface area contributed by atoms with E-state index in [2.05, 4.69) is 20.8 Å². The number of carbonyl (C=O) groups is 2. The van der Waals surface area contributed by atoms with Gasteiger partial charge in [-0.05, 0) is 49.8 Å². The number of hydrogen-bond acceptors (Lipinski definition) is 4. The van der Waals surface area contributed by atoms with Gasteiger partial charge in [-0.15, -0.1) is 0 Å². The summed E-state index contributed by atoms with van der Waals surface area (Å²) in [6, 6.07) is 7.21. The van der Waals surface area contributed by atoms with Gasteiger partial charge in [0.1, 0.15) is 5.75 Å². The molecule has 2 amide bonds. The number of piperidine rings is 1. The van der Waals surface area contributed by atoms with Crippen molar-refractivity contribution in [2.24, 2.45) is 5.92 Å². The average Bonchev–Trinajstić information content (AvgIpc) is 2.81. The van der Waals surface area contributed by atoms with Crippen LogP contribution in [-0.4, -0.2) is 66.6 Å². The van der Waals surface area contributed by atoms with Crippen molar-refractivity contribution in [1.29, 1.82) is 0 Å². The summed E-state index contributed by atoms with van der Waals surface area (Å²) < 4.78 is 12.0. The maximum absolute atomic E-state index is 13.3. The minimum Gasteiger partial charge on any atom is -0.484 e. The van der Waals surface area contributed by atoms with Crippen LogP contribution >= 0.6 is 0 Å². The van der Waals surface area contributed by atoms with Gasteiger partial charge in [0.2, 0.25) is 0 Å². The van der Waals surface area contributed by atoms with Crippen LogP contribution in [0.15, 0.2) is 24.3 Å². The van der Waals surface area contributed by atoms with Gasteiger partial charge < -0.3 is 19.3 Å². The average molecular weight is 431 g/mol. The Morgan fingerprint density at radius 3 is 2.61 bits per heavy atom. The number of morpholine rings is 1. The molecule has 0 aliphatic carbocycles. The Morgan fingerprint density at radius 1 is 1.13 bits per heavy atom. The lowest BCUT2D eigenvalue weighted by Crippen LogP contribution is -2.51. The minimum atomic E-state index is 0.00301. The maximum atomic E-state index is 13.3. The molecule has 0 bridgehead atoms. The summed E-state index contributed by atoms with van der Waals surface area (Å²) in [5, 5.41) is 0. The van der Waals surface area contributed by atoms with Crippen LogP contribution in [0, 0.1) is 5.92 Å². The fourth-order valence-electron chi connectivity index (χ4n) is 4.28. The number of ether oxygens (including phenoxy) is 2. The third-order valence-electron chi connectivity index (χ3n) is 6.25. The molecular weight excluding hydrogens is 392 g/mol. The predicted octanol–water partition coefficient (Wildman–Crippen LogP) is 4.13. The lowest BCUT2D eigenvalue weighted by molar-refractivity contribution is -0.134. The predicted molar refractivity (Wildman–Crippen MR) is 121 cm³/mol. The second-order valence-corrected chi connectivity index (χ2v) is 9.15. The summed E-state index contributed by atoms with van der Waals surface area (Å²) in [5.41, 5.74) is 0.599. The Morgan fingerprint density at radius 2 is 1.90 bits per heavy atom. The molecule has 2 heterocycles. The first-order valence-electron chi connectivity index (χ1n) is 11.9. The molecule has 0 spiro atoms. The monoisotopic (exact) mass is 430 g/mol. The minimum absolute atomic E-state index is 0.00301. The lowest BCUT2D eigenvalue weighted by atomic mass is 10.0. The van der Waals surface area contributed by atoms with E-state index in [1.54, 1.807) is 12.1 Å². The van der Waals surface area contributed by atoms with Crippen LogP contribution in [0.4, 0.5) is 0 Å². The Bertz CT molecular complexity index is 730. The highest BCUT2D eigenvalue weighted by Gasteiger charge is 2.32. The SMILES string of the molecule is CCCC[C@@H]1CN(C(=O)c2cccc(OCC(=O)N3CCCCC3)c2)C[C@H](C(C)C)O1. The van der Waals surface area contributed by atoms with E-state index >= 15 is 0 Å². The molecule has 0 unspecified atom stereocenters. The van der Waals surface area contributed by atoms with Gasteiger partial charge >= 0.3 is 0 Å². The van der Waals surface area contributed by atoms with Crippen molar-refractivity contribution in [1.82, 2.24) is 9.80 Å². The summed E-state index contributed by atoms with van der Waals surface area (Å²) in [6.45, 7) is 9.34. The fourth-order valence-corrected chi connectivity index (χ4v) is 4.28. The zero-order chi connectivity index (χ0) is 22.2. The van der Waals surface area contributed by atoms with Crippen LogP contribution < -0.4 is 4.74 Å². The van der Waals surface area contributed by atoms with E-state index < -0.39 is 0 Å². The van der Waals surface area contributed by atoms with E-state index in [-0.39, 0.29) is 30.6 Å². The van der Waals surface area contributed by atoms with E-state index in [4.69, 9.17) is 9.47 Å². The number of hydrogen-bond donors (Lipinski definition) is 0. The first kappa shape index (κ1) is 23.6. The van der Waals surface area contributed by atoms with E-state index in [1.165, 1.54) is 6.42 Å². The summed E-state index contributed by atoms with van der Waals surface area (Å²) in [6.07, 6.45) is 6.66. The Labute approximate surface area is 186 Å². The molecule has 0 saturated carbocycles. The summed E-state index contributed by atoms with van der Waals surface area (Å²) in [5.74, 6) is 0.939. The number of nitrogens with zero attached hydrogens (tertiary/aromatic N) is 2. The molecule has 0 aromatic heterocycles. The van der Waals surface area contributed by atoms with Gasteiger partial charge in [0.05, 0.1) is 12.2 Å². The van der Waals surface area contributed by atoms with Gasteiger partial charge in [0.15, 0.2) is 6.61 Å². The van der Waals surface area contributed by atoms with Crippen LogP contribution in [0.2, 0.25) is 0 Å². The van der Waals surface area contributed by atoms with Crippen molar-refractivity contribution in [2.45, 2.75) is 71.5 Å². The smallest absolute Gasteiger partial charge is 0.260 e. The van der Waals surface area contributed by atoms with Crippen LogP contribution in [0.1, 0.15) is 69.7 Å². The van der Waals surface area contributed by atoms with Gasteiger partial charge in [-0.2, -0.15) is 0 Å². The van der Waals surface area contributed by atoms with Crippen molar-refractivity contribution in [3.8, 4) is 5.75 Å². The largest absolute Gasteiger partial charge is 0.484 e. The molecule has 6 nitrogen and oxygen atoms in total. The fraction of sp³-hybridized carbons (Fsp3) is 0.680. The number of rotatable bonds is 8. The lowest BCUT2D eigenvalue weighted by Gasteiger charge is -2.40. The Hall–Kier alpha value is -2.08. The molecule has 0 N–H and O–H groups in total. The third kappa shape index (κ3) is 6.70. The molecule has 2 aliphatic rings. The number of likely N-dealkylation sites (tertiary alicyclic amines) is 1. The van der Waals surface area contributed by atoms with Gasteiger partial charge in [-0.3, -0.25) is 9.59 Å². The molecule has 1 aromatic rings. The molecule has 2 atom stereocenters. The third-order valence-corrected chi connectivity index (χ3v) is 6.25. The quantitative estimate of drug-likeness (QED) is 0.622. The van der Waals surface area contributed by atoms with Crippen LogP contribution in [0.3, 0.4) is 0 Å². The normalized spacial score (nSPS) is 21.9. The van der Waals surface area contributed by atoms with Crippen LogP contribution in [0.5, 0.6) is 5.75 Å². The molecule has 0 radical (unpaired) electrons. The molecule has 2 saturated heterocycles. The van der Waals surface area contributed by atoms with Gasteiger partial charge in [0.25, 0.3) is 11.8 Å². The topological polar surface area (TPSA) is 59.1 Å². The van der Waals surface area contributed by atoms with Gasteiger partial charge in [-0.25, -0.2) is 0 Å². The van der Waals surface area contributed by atoms with E-state index in [0.29, 0.717) is 30.3 Å². The van der Waals surface area contributed by atoms with Crippen LogP contribution in [0.25, 0.3) is 0 Å². The molecule has 6 heteroatoms. The number of amides is 2. The number of carbonyl (C=O) groups excluding carboxylic acids is 2. The molecule has 3 rings (SSSR count). The van der Waals surface area contributed by atoms with Gasteiger partial charge in [0, 0.05) is 31.7 Å². The summed E-state index contributed by atoms with van der Waals surface area (Å²) in [7, 11) is 0. The molecule has 1 aromatic carbocycles. The molecule has 172 valence electrons.